The Bertz CT molecular complexity index is 682. The number of hydrogen-bond donors (Lipinski definition) is 2. The molecule has 0 saturated carbocycles. The lowest BCUT2D eigenvalue weighted by atomic mass is 10.1. The first-order valence-corrected chi connectivity index (χ1v) is 8.49. The van der Waals surface area contributed by atoms with E-state index in [9.17, 15) is 0 Å². The van der Waals surface area contributed by atoms with Gasteiger partial charge >= 0.3 is 0 Å². The topological polar surface area (TPSA) is 84.9 Å². The van der Waals surface area contributed by atoms with Crippen molar-refractivity contribution in [1.29, 1.82) is 0 Å². The summed E-state index contributed by atoms with van der Waals surface area (Å²) in [5, 5.41) is 15.3. The van der Waals surface area contributed by atoms with Gasteiger partial charge in [0.1, 0.15) is 12.2 Å². The first kappa shape index (κ1) is 18.0. The third-order valence-electron chi connectivity index (χ3n) is 3.99. The number of nitrogens with one attached hydrogen (secondary N) is 2. The molecule has 24 heavy (non-hydrogen) atoms. The van der Waals surface area contributed by atoms with Gasteiger partial charge in [-0.2, -0.15) is 10.2 Å². The Kier molecular flexibility index (Phi) is 6.34. The van der Waals surface area contributed by atoms with Crippen LogP contribution in [0.4, 0.5) is 0 Å². The zero-order chi connectivity index (χ0) is 17.5. The molecule has 8 heteroatoms. The largest absolute Gasteiger partial charge is 0.357 e. The SMILES string of the molecule is CCNC(=NCc1c(CC)nn(C)c1CC)NCc1ncnn1C. The Morgan fingerprint density at radius 1 is 1.12 bits per heavy atom. The van der Waals surface area contributed by atoms with Gasteiger partial charge in [0.25, 0.3) is 0 Å². The van der Waals surface area contributed by atoms with E-state index < -0.39 is 0 Å². The van der Waals surface area contributed by atoms with Crippen LogP contribution >= 0.6 is 0 Å². The standard InChI is InChI=1S/C16H28N8/c1-6-13-12(14(7-2)23(4)22-13)9-18-16(17-8-3)19-10-15-20-11-21-24(15)5/h11H,6-10H2,1-5H3,(H2,17,18,19). The lowest BCUT2D eigenvalue weighted by Crippen LogP contribution is -2.37. The van der Waals surface area contributed by atoms with Gasteiger partial charge in [0.2, 0.25) is 0 Å². The van der Waals surface area contributed by atoms with E-state index in [1.54, 1.807) is 11.0 Å². The molecule has 2 heterocycles. The van der Waals surface area contributed by atoms with Crippen LogP contribution in [0.2, 0.25) is 0 Å². The van der Waals surface area contributed by atoms with E-state index in [0.29, 0.717) is 13.1 Å². The lowest BCUT2D eigenvalue weighted by Gasteiger charge is -2.11. The van der Waals surface area contributed by atoms with Crippen LogP contribution in [0.5, 0.6) is 0 Å². The maximum absolute atomic E-state index is 4.73. The van der Waals surface area contributed by atoms with E-state index in [1.165, 1.54) is 11.3 Å². The summed E-state index contributed by atoms with van der Waals surface area (Å²) in [6.07, 6.45) is 3.43. The summed E-state index contributed by atoms with van der Waals surface area (Å²) in [6.45, 7) is 8.34. The molecule has 0 aromatic carbocycles. The molecule has 0 aliphatic heterocycles. The van der Waals surface area contributed by atoms with Crippen LogP contribution in [0, 0.1) is 0 Å². The highest BCUT2D eigenvalue weighted by Crippen LogP contribution is 2.16. The van der Waals surface area contributed by atoms with Crippen molar-refractivity contribution in [1.82, 2.24) is 35.2 Å². The average molecular weight is 332 g/mol. The van der Waals surface area contributed by atoms with Crippen LogP contribution in [0.3, 0.4) is 0 Å². The third-order valence-corrected chi connectivity index (χ3v) is 3.99. The van der Waals surface area contributed by atoms with Gasteiger partial charge in [-0.05, 0) is 19.8 Å². The van der Waals surface area contributed by atoms with Crippen LogP contribution in [0.15, 0.2) is 11.3 Å². The van der Waals surface area contributed by atoms with Gasteiger partial charge < -0.3 is 10.6 Å². The number of rotatable bonds is 7. The van der Waals surface area contributed by atoms with Gasteiger partial charge in [-0.25, -0.2) is 9.98 Å². The number of aromatic nitrogens is 5. The zero-order valence-electron chi connectivity index (χ0n) is 15.3. The second-order valence-electron chi connectivity index (χ2n) is 5.55. The normalized spacial score (nSPS) is 11.8. The van der Waals surface area contributed by atoms with Crippen molar-refractivity contribution in [2.24, 2.45) is 19.1 Å². The highest BCUT2D eigenvalue weighted by atomic mass is 15.3. The Morgan fingerprint density at radius 2 is 1.92 bits per heavy atom. The van der Waals surface area contributed by atoms with E-state index in [1.807, 2.05) is 18.8 Å². The molecule has 132 valence electrons. The van der Waals surface area contributed by atoms with Crippen LogP contribution in [0.25, 0.3) is 0 Å². The van der Waals surface area contributed by atoms with Crippen LogP contribution < -0.4 is 10.6 Å². The molecule has 0 aliphatic rings. The highest BCUT2D eigenvalue weighted by molar-refractivity contribution is 5.79. The van der Waals surface area contributed by atoms with Crippen molar-refractivity contribution < 1.29 is 0 Å². The fraction of sp³-hybridized carbons (Fsp3) is 0.625. The minimum atomic E-state index is 0.580. The molecule has 0 saturated heterocycles. The average Bonchev–Trinajstić information content (AvgIpc) is 3.12. The molecule has 0 bridgehead atoms. The highest BCUT2D eigenvalue weighted by Gasteiger charge is 2.13. The van der Waals surface area contributed by atoms with E-state index in [2.05, 4.69) is 46.6 Å². The second-order valence-corrected chi connectivity index (χ2v) is 5.55. The smallest absolute Gasteiger partial charge is 0.191 e. The Labute approximate surface area is 143 Å². The molecule has 0 amide bonds. The van der Waals surface area contributed by atoms with Gasteiger partial charge in [-0.15, -0.1) is 0 Å². The van der Waals surface area contributed by atoms with Gasteiger partial charge in [0, 0.05) is 31.9 Å². The van der Waals surface area contributed by atoms with E-state index in [-0.39, 0.29) is 0 Å². The first-order chi connectivity index (χ1) is 11.6. The predicted molar refractivity (Wildman–Crippen MR) is 94.6 cm³/mol. The molecule has 0 radical (unpaired) electrons. The molecule has 0 fully saturated rings. The van der Waals surface area contributed by atoms with E-state index >= 15 is 0 Å². The molecule has 2 rings (SSSR count). The summed E-state index contributed by atoms with van der Waals surface area (Å²) < 4.78 is 3.73. The van der Waals surface area contributed by atoms with Crippen LogP contribution in [0.1, 0.15) is 43.5 Å². The van der Waals surface area contributed by atoms with Crippen LogP contribution in [-0.4, -0.2) is 37.0 Å². The summed E-state index contributed by atoms with van der Waals surface area (Å²) >= 11 is 0. The van der Waals surface area contributed by atoms with Crippen molar-refractivity contribution in [3.63, 3.8) is 0 Å². The first-order valence-electron chi connectivity index (χ1n) is 8.49. The fourth-order valence-corrected chi connectivity index (χ4v) is 2.72. The number of aryl methyl sites for hydroxylation is 3. The predicted octanol–water partition coefficient (Wildman–Crippen LogP) is 0.929. The summed E-state index contributed by atoms with van der Waals surface area (Å²) in [5.41, 5.74) is 3.61. The number of nitrogens with zero attached hydrogens (tertiary/aromatic N) is 6. The van der Waals surface area contributed by atoms with Crippen molar-refractivity contribution in [3.05, 3.63) is 29.1 Å². The number of aliphatic imine (C=N–C) groups is 1. The molecular formula is C16H28N8. The van der Waals surface area contributed by atoms with Crippen LogP contribution in [-0.2, 0) is 40.0 Å². The molecule has 2 aromatic rings. The molecule has 8 nitrogen and oxygen atoms in total. The Balaban J connectivity index is 2.12. The van der Waals surface area contributed by atoms with Crippen molar-refractivity contribution in [2.45, 2.75) is 46.7 Å². The summed E-state index contributed by atoms with van der Waals surface area (Å²) in [5.74, 6) is 1.64. The Hall–Kier alpha value is -2.38. The molecule has 0 spiro atoms. The van der Waals surface area contributed by atoms with Crippen molar-refractivity contribution in [3.8, 4) is 0 Å². The van der Waals surface area contributed by atoms with Crippen molar-refractivity contribution in [2.75, 3.05) is 6.54 Å². The van der Waals surface area contributed by atoms with Gasteiger partial charge in [0.15, 0.2) is 5.96 Å². The minimum Gasteiger partial charge on any atom is -0.357 e. The molecule has 0 aliphatic carbocycles. The number of guanidine groups is 1. The minimum absolute atomic E-state index is 0.580. The monoisotopic (exact) mass is 332 g/mol. The van der Waals surface area contributed by atoms with Crippen molar-refractivity contribution >= 4 is 5.96 Å². The molecule has 2 N–H and O–H groups in total. The molecule has 2 aromatic heterocycles. The summed E-state index contributed by atoms with van der Waals surface area (Å²) in [6, 6.07) is 0. The van der Waals surface area contributed by atoms with Gasteiger partial charge in [-0.1, -0.05) is 13.8 Å². The molecular weight excluding hydrogens is 304 g/mol. The molecule has 0 unspecified atom stereocenters. The van der Waals surface area contributed by atoms with E-state index in [4.69, 9.17) is 4.99 Å². The maximum Gasteiger partial charge on any atom is 0.191 e. The summed E-state index contributed by atoms with van der Waals surface area (Å²) in [7, 11) is 3.88. The van der Waals surface area contributed by atoms with Gasteiger partial charge in [0.05, 0.1) is 18.8 Å². The third kappa shape index (κ3) is 4.12. The quantitative estimate of drug-likeness (QED) is 0.582. The Morgan fingerprint density at radius 3 is 2.50 bits per heavy atom. The van der Waals surface area contributed by atoms with E-state index in [0.717, 1.165) is 36.9 Å². The van der Waals surface area contributed by atoms with Gasteiger partial charge in [-0.3, -0.25) is 9.36 Å². The maximum atomic E-state index is 4.73. The molecule has 0 atom stereocenters. The second kappa shape index (κ2) is 8.47. The zero-order valence-corrected chi connectivity index (χ0v) is 15.3. The number of hydrogen-bond acceptors (Lipinski definition) is 4. The fourth-order valence-electron chi connectivity index (χ4n) is 2.72. The lowest BCUT2D eigenvalue weighted by molar-refractivity contribution is 0.672. The summed E-state index contributed by atoms with van der Waals surface area (Å²) in [4.78, 5) is 8.94.